The Morgan fingerprint density at radius 1 is 1.03 bits per heavy atom. The quantitative estimate of drug-likeness (QED) is 0.528. The number of carbonyl (C=O) groups is 1. The van der Waals surface area contributed by atoms with E-state index in [2.05, 4.69) is 22.6 Å². The molecule has 0 aliphatic heterocycles. The second-order valence-corrected chi connectivity index (χ2v) is 6.76. The molecule has 7 heteroatoms. The minimum absolute atomic E-state index is 0.214. The number of aromatic nitrogens is 3. The van der Waals surface area contributed by atoms with Crippen LogP contribution in [-0.4, -0.2) is 34.1 Å². The molecule has 30 heavy (non-hydrogen) atoms. The summed E-state index contributed by atoms with van der Waals surface area (Å²) in [5, 5.41) is 11.5. The molecule has 0 saturated carbocycles. The maximum Gasteiger partial charge on any atom is 0.255 e. The number of nitrogens with zero attached hydrogens (tertiary/aromatic N) is 3. The van der Waals surface area contributed by atoms with Crippen LogP contribution in [0.3, 0.4) is 0 Å². The van der Waals surface area contributed by atoms with Gasteiger partial charge in [-0.2, -0.15) is 0 Å². The largest absolute Gasteiger partial charge is 0.492 e. The zero-order valence-corrected chi connectivity index (χ0v) is 17.7. The van der Waals surface area contributed by atoms with Gasteiger partial charge in [-0.05, 0) is 38.8 Å². The van der Waals surface area contributed by atoms with Crippen LogP contribution in [0.15, 0.2) is 48.7 Å². The van der Waals surface area contributed by atoms with E-state index in [1.807, 2.05) is 44.3 Å². The van der Waals surface area contributed by atoms with Crippen molar-refractivity contribution >= 4 is 11.6 Å². The molecule has 0 radical (unpaired) electrons. The zero-order valence-electron chi connectivity index (χ0n) is 17.7. The molecule has 1 amide bonds. The molecule has 0 unspecified atom stereocenters. The summed E-state index contributed by atoms with van der Waals surface area (Å²) in [6.45, 7) is 6.90. The number of hydrogen-bond acceptors (Lipinski definition) is 5. The highest BCUT2D eigenvalue weighted by molar-refractivity contribution is 6.05. The van der Waals surface area contributed by atoms with Crippen LogP contribution in [0.1, 0.15) is 49.7 Å². The number of unbranched alkanes of at least 4 members (excludes halogenated alkanes) is 1. The third-order valence-electron chi connectivity index (χ3n) is 4.52. The van der Waals surface area contributed by atoms with Crippen LogP contribution in [0.25, 0.3) is 5.69 Å². The number of amides is 1. The predicted octanol–water partition coefficient (Wildman–Crippen LogP) is 4.66. The third-order valence-corrected chi connectivity index (χ3v) is 4.52. The summed E-state index contributed by atoms with van der Waals surface area (Å²) in [7, 11) is 0. The minimum atomic E-state index is -0.214. The van der Waals surface area contributed by atoms with E-state index in [9.17, 15) is 4.79 Å². The van der Waals surface area contributed by atoms with E-state index in [1.54, 1.807) is 22.9 Å². The van der Waals surface area contributed by atoms with Gasteiger partial charge in [-0.15, -0.1) is 5.10 Å². The van der Waals surface area contributed by atoms with E-state index >= 15 is 0 Å². The Bertz CT molecular complexity index is 970. The SMILES string of the molecule is CCCCc1cn(-c2cc(OCC)c(NC(=O)c3ccccc3)cc2OCC)nn1. The smallest absolute Gasteiger partial charge is 0.255 e. The number of carbonyl (C=O) groups excluding carboxylic acids is 1. The Hall–Kier alpha value is -3.35. The summed E-state index contributed by atoms with van der Waals surface area (Å²) in [5.74, 6) is 0.927. The van der Waals surface area contributed by atoms with Crippen LogP contribution in [0.5, 0.6) is 11.5 Å². The summed E-state index contributed by atoms with van der Waals surface area (Å²) < 4.78 is 13.4. The first-order valence-electron chi connectivity index (χ1n) is 10.4. The maximum absolute atomic E-state index is 12.7. The summed E-state index contributed by atoms with van der Waals surface area (Å²) in [6, 6.07) is 12.7. The first-order valence-corrected chi connectivity index (χ1v) is 10.4. The van der Waals surface area contributed by atoms with Gasteiger partial charge >= 0.3 is 0 Å². The lowest BCUT2D eigenvalue weighted by Gasteiger charge is -2.17. The second kappa shape index (κ2) is 10.4. The fourth-order valence-corrected chi connectivity index (χ4v) is 3.04. The number of nitrogens with one attached hydrogen (secondary N) is 1. The zero-order chi connectivity index (χ0) is 21.3. The molecule has 1 aromatic heterocycles. The molecule has 0 fully saturated rings. The van der Waals surface area contributed by atoms with Gasteiger partial charge in [0.05, 0.1) is 30.8 Å². The molecule has 3 aromatic rings. The van der Waals surface area contributed by atoms with Crippen molar-refractivity contribution in [2.45, 2.75) is 40.0 Å². The number of ether oxygens (including phenoxy) is 2. The van der Waals surface area contributed by atoms with Gasteiger partial charge in [-0.25, -0.2) is 4.68 Å². The molecule has 0 saturated heterocycles. The lowest BCUT2D eigenvalue weighted by molar-refractivity contribution is 0.102. The van der Waals surface area contributed by atoms with Crippen molar-refractivity contribution in [3.05, 3.63) is 59.9 Å². The van der Waals surface area contributed by atoms with Gasteiger partial charge in [-0.1, -0.05) is 36.8 Å². The normalized spacial score (nSPS) is 10.6. The van der Waals surface area contributed by atoms with Crippen LogP contribution in [0.4, 0.5) is 5.69 Å². The van der Waals surface area contributed by atoms with E-state index < -0.39 is 0 Å². The molecule has 0 atom stereocenters. The standard InChI is InChI=1S/C23H28N4O3/c1-4-7-13-18-16-27(26-25-18)20-15-21(29-5-2)19(14-22(20)30-6-3)24-23(28)17-11-9-8-10-12-17/h8-12,14-16H,4-7,13H2,1-3H3,(H,24,28). The van der Waals surface area contributed by atoms with Crippen molar-refractivity contribution in [2.75, 3.05) is 18.5 Å². The number of rotatable bonds is 10. The Balaban J connectivity index is 1.96. The second-order valence-electron chi connectivity index (χ2n) is 6.76. The van der Waals surface area contributed by atoms with Crippen LogP contribution >= 0.6 is 0 Å². The van der Waals surface area contributed by atoms with E-state index in [0.717, 1.165) is 25.0 Å². The van der Waals surface area contributed by atoms with Gasteiger partial charge in [0.1, 0.15) is 17.2 Å². The van der Waals surface area contributed by atoms with E-state index in [-0.39, 0.29) is 5.91 Å². The molecule has 0 aliphatic rings. The number of anilines is 1. The van der Waals surface area contributed by atoms with E-state index in [4.69, 9.17) is 9.47 Å². The van der Waals surface area contributed by atoms with Crippen LogP contribution in [-0.2, 0) is 6.42 Å². The molecule has 1 heterocycles. The van der Waals surface area contributed by atoms with Crippen LogP contribution in [0, 0.1) is 0 Å². The maximum atomic E-state index is 12.7. The fraction of sp³-hybridized carbons (Fsp3) is 0.348. The topological polar surface area (TPSA) is 78.3 Å². The van der Waals surface area contributed by atoms with Gasteiger partial charge in [0.25, 0.3) is 5.91 Å². The molecular weight excluding hydrogens is 380 g/mol. The van der Waals surface area contributed by atoms with Crippen molar-refractivity contribution < 1.29 is 14.3 Å². The van der Waals surface area contributed by atoms with Gasteiger partial charge < -0.3 is 14.8 Å². The lowest BCUT2D eigenvalue weighted by atomic mass is 10.2. The van der Waals surface area contributed by atoms with Crippen molar-refractivity contribution in [3.8, 4) is 17.2 Å². The highest BCUT2D eigenvalue weighted by atomic mass is 16.5. The van der Waals surface area contributed by atoms with Crippen LogP contribution < -0.4 is 14.8 Å². The molecular formula is C23H28N4O3. The lowest BCUT2D eigenvalue weighted by Crippen LogP contribution is -2.14. The number of aryl methyl sites for hydroxylation is 1. The molecule has 1 N–H and O–H groups in total. The summed E-state index contributed by atoms with van der Waals surface area (Å²) in [6.07, 6.45) is 4.95. The molecule has 2 aromatic carbocycles. The Morgan fingerprint density at radius 3 is 2.47 bits per heavy atom. The van der Waals surface area contributed by atoms with Gasteiger partial charge in [0.15, 0.2) is 0 Å². The molecule has 0 spiro atoms. The van der Waals surface area contributed by atoms with E-state index in [1.165, 1.54) is 0 Å². The minimum Gasteiger partial charge on any atom is -0.492 e. The van der Waals surface area contributed by atoms with Crippen molar-refractivity contribution in [1.82, 2.24) is 15.0 Å². The summed E-state index contributed by atoms with van der Waals surface area (Å²) >= 11 is 0. The predicted molar refractivity (Wildman–Crippen MR) is 117 cm³/mol. The average Bonchev–Trinajstić information content (AvgIpc) is 3.23. The molecule has 7 nitrogen and oxygen atoms in total. The molecule has 158 valence electrons. The monoisotopic (exact) mass is 408 g/mol. The average molecular weight is 409 g/mol. The van der Waals surface area contributed by atoms with Crippen molar-refractivity contribution in [3.63, 3.8) is 0 Å². The van der Waals surface area contributed by atoms with Crippen LogP contribution in [0.2, 0.25) is 0 Å². The Labute approximate surface area is 177 Å². The highest BCUT2D eigenvalue weighted by Crippen LogP contribution is 2.35. The fourth-order valence-electron chi connectivity index (χ4n) is 3.04. The highest BCUT2D eigenvalue weighted by Gasteiger charge is 2.17. The first kappa shape index (κ1) is 21.4. The molecule has 0 aliphatic carbocycles. The van der Waals surface area contributed by atoms with E-state index in [0.29, 0.717) is 41.7 Å². The number of benzene rings is 2. The third kappa shape index (κ3) is 5.17. The first-order chi connectivity index (χ1) is 14.7. The molecule has 3 rings (SSSR count). The summed E-state index contributed by atoms with van der Waals surface area (Å²) in [5.41, 5.74) is 2.76. The molecule has 0 bridgehead atoms. The van der Waals surface area contributed by atoms with Crippen molar-refractivity contribution in [2.24, 2.45) is 0 Å². The van der Waals surface area contributed by atoms with Crippen molar-refractivity contribution in [1.29, 1.82) is 0 Å². The van der Waals surface area contributed by atoms with Gasteiger partial charge in [-0.3, -0.25) is 4.79 Å². The van der Waals surface area contributed by atoms with Gasteiger partial charge in [0, 0.05) is 17.7 Å². The van der Waals surface area contributed by atoms with Gasteiger partial charge in [0.2, 0.25) is 0 Å². The Kier molecular flexibility index (Phi) is 7.43. The Morgan fingerprint density at radius 2 is 1.77 bits per heavy atom. The number of hydrogen-bond donors (Lipinski definition) is 1. The summed E-state index contributed by atoms with van der Waals surface area (Å²) in [4.78, 5) is 12.7.